The highest BCUT2D eigenvalue weighted by Gasteiger charge is 2.33. The van der Waals surface area contributed by atoms with Gasteiger partial charge in [0, 0.05) is 32.7 Å². The predicted molar refractivity (Wildman–Crippen MR) is 123 cm³/mol. The Kier molecular flexibility index (Phi) is 6.95. The first kappa shape index (κ1) is 22.6. The number of methoxy groups -OCH3 is 1. The van der Waals surface area contributed by atoms with Gasteiger partial charge >= 0.3 is 0 Å². The highest BCUT2D eigenvalue weighted by atomic mass is 35.5. The number of amides is 1. The number of carbonyl (C=O) groups is 1. The minimum atomic E-state index is -3.57. The van der Waals surface area contributed by atoms with Crippen molar-refractivity contribution in [1.29, 1.82) is 0 Å². The molecule has 3 heterocycles. The molecule has 0 radical (unpaired) electrons. The number of thiazole rings is 1. The van der Waals surface area contributed by atoms with Crippen LogP contribution in [-0.2, 0) is 26.1 Å². The smallest absolute Gasteiger partial charge is 0.252 e. The fourth-order valence-electron chi connectivity index (χ4n) is 3.60. The third-order valence-corrected chi connectivity index (χ3v) is 9.92. The summed E-state index contributed by atoms with van der Waals surface area (Å²) < 4.78 is 35.9. The van der Waals surface area contributed by atoms with Crippen molar-refractivity contribution in [3.05, 3.63) is 45.5 Å². The number of nitrogens with zero attached hydrogens (tertiary/aromatic N) is 3. The Morgan fingerprint density at radius 1 is 1.19 bits per heavy atom. The van der Waals surface area contributed by atoms with Crippen LogP contribution in [0.2, 0.25) is 4.34 Å². The van der Waals surface area contributed by atoms with Gasteiger partial charge in [-0.2, -0.15) is 9.30 Å². The lowest BCUT2D eigenvalue weighted by molar-refractivity contribution is -0.122. The minimum absolute atomic E-state index is 0.200. The van der Waals surface area contributed by atoms with Gasteiger partial charge in [-0.05, 0) is 37.1 Å². The van der Waals surface area contributed by atoms with Gasteiger partial charge in [-0.3, -0.25) is 4.79 Å². The van der Waals surface area contributed by atoms with Crippen molar-refractivity contribution in [1.82, 2.24) is 8.87 Å². The molecule has 0 bridgehead atoms. The number of rotatable bonds is 6. The van der Waals surface area contributed by atoms with Crippen molar-refractivity contribution < 1.29 is 17.9 Å². The summed E-state index contributed by atoms with van der Waals surface area (Å²) in [5.41, 5.74) is 1.02. The molecule has 1 aliphatic rings. The van der Waals surface area contributed by atoms with Crippen molar-refractivity contribution in [2.45, 2.75) is 23.6 Å². The zero-order valence-corrected chi connectivity index (χ0v) is 20.1. The Labute approximate surface area is 193 Å². The van der Waals surface area contributed by atoms with Crippen LogP contribution in [0.1, 0.15) is 12.8 Å². The monoisotopic (exact) mass is 499 g/mol. The van der Waals surface area contributed by atoms with E-state index in [9.17, 15) is 13.2 Å². The molecule has 1 amide bonds. The molecule has 11 heteroatoms. The third-order valence-electron chi connectivity index (χ3n) is 5.26. The van der Waals surface area contributed by atoms with Crippen LogP contribution in [0.25, 0.3) is 10.2 Å². The summed E-state index contributed by atoms with van der Waals surface area (Å²) in [6.45, 7) is 1.71. The largest absolute Gasteiger partial charge is 0.383 e. The molecule has 0 saturated carbocycles. The Morgan fingerprint density at radius 2 is 1.94 bits per heavy atom. The average molecular weight is 500 g/mol. The van der Waals surface area contributed by atoms with Crippen molar-refractivity contribution >= 4 is 60.4 Å². The van der Waals surface area contributed by atoms with Gasteiger partial charge in [-0.25, -0.2) is 8.42 Å². The van der Waals surface area contributed by atoms with E-state index in [0.29, 0.717) is 48.2 Å². The Bertz CT molecular complexity index is 1250. The maximum Gasteiger partial charge on any atom is 0.252 e. The van der Waals surface area contributed by atoms with Gasteiger partial charge in [0.05, 0.1) is 21.2 Å². The molecule has 1 saturated heterocycles. The first-order valence-corrected chi connectivity index (χ1v) is 13.3. The van der Waals surface area contributed by atoms with E-state index in [2.05, 4.69) is 4.99 Å². The maximum atomic E-state index is 12.9. The highest BCUT2D eigenvalue weighted by molar-refractivity contribution is 7.91. The summed E-state index contributed by atoms with van der Waals surface area (Å²) >= 11 is 8.41. The molecule has 0 N–H and O–H groups in total. The number of para-hydroxylation sites is 1. The zero-order valence-electron chi connectivity index (χ0n) is 16.9. The number of ether oxygens (including phenoxy) is 1. The van der Waals surface area contributed by atoms with E-state index < -0.39 is 10.0 Å². The molecule has 0 aliphatic carbocycles. The second-order valence-corrected chi connectivity index (χ2v) is 12.1. The molecule has 0 atom stereocenters. The van der Waals surface area contributed by atoms with Crippen LogP contribution >= 0.6 is 34.3 Å². The Hall–Kier alpha value is -1.56. The molecule has 3 aromatic rings. The summed E-state index contributed by atoms with van der Waals surface area (Å²) in [6, 6.07) is 11.0. The molecule has 166 valence electrons. The molecular weight excluding hydrogens is 478 g/mol. The second kappa shape index (κ2) is 9.51. The van der Waals surface area contributed by atoms with Gasteiger partial charge in [0.25, 0.3) is 15.9 Å². The fourth-order valence-corrected chi connectivity index (χ4v) is 7.77. The minimum Gasteiger partial charge on any atom is -0.383 e. The molecule has 1 aliphatic heterocycles. The number of hydrogen-bond donors (Lipinski definition) is 0. The van der Waals surface area contributed by atoms with E-state index in [1.165, 1.54) is 21.7 Å². The summed E-state index contributed by atoms with van der Waals surface area (Å²) in [4.78, 5) is 18.0. The number of thiophene rings is 1. The fraction of sp³-hybridized carbons (Fsp3) is 0.400. The Morgan fingerprint density at radius 3 is 2.61 bits per heavy atom. The molecule has 4 rings (SSSR count). The topological polar surface area (TPSA) is 81.0 Å². The number of halogens is 1. The molecule has 0 spiro atoms. The molecule has 1 fully saturated rings. The van der Waals surface area contributed by atoms with E-state index in [-0.39, 0.29) is 16.0 Å². The van der Waals surface area contributed by atoms with Crippen LogP contribution in [0, 0.1) is 5.92 Å². The lowest BCUT2D eigenvalue weighted by Gasteiger charge is -2.29. The molecule has 2 aromatic heterocycles. The van der Waals surface area contributed by atoms with Gasteiger partial charge in [0.2, 0.25) is 0 Å². The predicted octanol–water partition coefficient (Wildman–Crippen LogP) is 3.59. The molecule has 31 heavy (non-hydrogen) atoms. The number of benzene rings is 1. The normalized spacial score (nSPS) is 16.9. The number of carbonyl (C=O) groups excluding carboxylic acids is 1. The van der Waals surface area contributed by atoms with Crippen molar-refractivity contribution in [2.24, 2.45) is 10.9 Å². The van der Waals surface area contributed by atoms with Crippen molar-refractivity contribution in [3.8, 4) is 0 Å². The highest BCUT2D eigenvalue weighted by Crippen LogP contribution is 2.30. The third kappa shape index (κ3) is 4.79. The van der Waals surface area contributed by atoms with Gasteiger partial charge in [0.1, 0.15) is 4.21 Å². The second-order valence-electron chi connectivity index (χ2n) is 7.18. The van der Waals surface area contributed by atoms with Crippen LogP contribution in [0.5, 0.6) is 0 Å². The van der Waals surface area contributed by atoms with Crippen LogP contribution in [0.4, 0.5) is 0 Å². The number of aromatic nitrogens is 1. The van der Waals surface area contributed by atoms with Crippen LogP contribution in [-0.4, -0.2) is 50.0 Å². The van der Waals surface area contributed by atoms with E-state index in [1.54, 1.807) is 13.2 Å². The lowest BCUT2D eigenvalue weighted by Crippen LogP contribution is -2.40. The van der Waals surface area contributed by atoms with Crippen LogP contribution < -0.4 is 4.80 Å². The van der Waals surface area contributed by atoms with Crippen LogP contribution in [0.15, 0.2) is 45.6 Å². The lowest BCUT2D eigenvalue weighted by atomic mass is 9.98. The number of hydrogen-bond acceptors (Lipinski definition) is 6. The molecule has 7 nitrogen and oxygen atoms in total. The number of sulfonamides is 1. The van der Waals surface area contributed by atoms with Gasteiger partial charge in [-0.1, -0.05) is 35.1 Å². The van der Waals surface area contributed by atoms with Gasteiger partial charge < -0.3 is 9.30 Å². The van der Waals surface area contributed by atoms with Crippen molar-refractivity contribution in [2.75, 3.05) is 26.8 Å². The molecule has 1 aromatic carbocycles. The quantitative estimate of drug-likeness (QED) is 0.519. The first-order valence-electron chi connectivity index (χ1n) is 9.81. The van der Waals surface area contributed by atoms with E-state index in [0.717, 1.165) is 21.6 Å². The van der Waals surface area contributed by atoms with Gasteiger partial charge in [0.15, 0.2) is 4.80 Å². The summed E-state index contributed by atoms with van der Waals surface area (Å²) in [7, 11) is -1.93. The first-order chi connectivity index (χ1) is 14.9. The summed E-state index contributed by atoms with van der Waals surface area (Å²) in [6.07, 6.45) is 0.896. The van der Waals surface area contributed by atoms with Gasteiger partial charge in [-0.15, -0.1) is 11.3 Å². The van der Waals surface area contributed by atoms with E-state index in [4.69, 9.17) is 16.3 Å². The van der Waals surface area contributed by atoms with E-state index in [1.807, 2.05) is 28.8 Å². The maximum absolute atomic E-state index is 12.9. The van der Waals surface area contributed by atoms with Crippen molar-refractivity contribution in [3.63, 3.8) is 0 Å². The SMILES string of the molecule is COCCn1c(=NC(=O)C2CCN(S(=O)(=O)c3ccc(Cl)s3)CC2)sc2ccccc21. The zero-order chi connectivity index (χ0) is 22.0. The number of piperidine rings is 1. The standard InChI is InChI=1S/C20H22ClN3O4S3/c1-28-13-12-24-15-4-2-3-5-16(15)29-20(24)22-19(25)14-8-10-23(11-9-14)31(26,27)18-7-6-17(21)30-18/h2-7,14H,8-13H2,1H3. The summed E-state index contributed by atoms with van der Waals surface area (Å²) in [5, 5.41) is 0. The van der Waals surface area contributed by atoms with Crippen LogP contribution in [0.3, 0.4) is 0 Å². The molecular formula is C20H22ClN3O4S3. The Balaban J connectivity index is 1.51. The molecule has 0 unspecified atom stereocenters. The van der Waals surface area contributed by atoms with E-state index >= 15 is 0 Å². The average Bonchev–Trinajstić information content (AvgIpc) is 3.36. The number of fused-ring (bicyclic) bond motifs is 1. The summed E-state index contributed by atoms with van der Waals surface area (Å²) in [5.74, 6) is -0.492.